The van der Waals surface area contributed by atoms with Gasteiger partial charge in [-0.15, -0.1) is 0 Å². The highest BCUT2D eigenvalue weighted by atomic mass is 16.6. The Kier molecular flexibility index (Phi) is 37.0. The van der Waals surface area contributed by atoms with E-state index in [9.17, 15) is 14.4 Å². The monoisotopic (exact) mass is 723 g/mol. The van der Waals surface area contributed by atoms with E-state index in [4.69, 9.17) is 14.2 Å². The summed E-state index contributed by atoms with van der Waals surface area (Å²) in [4.78, 5) is 37.6. The molecule has 2 unspecified atom stereocenters. The minimum absolute atomic E-state index is 0.0663. The molecule has 0 rings (SSSR count). The Morgan fingerprint density at radius 2 is 0.686 bits per heavy atom. The first kappa shape index (κ1) is 49.4. The molecule has 0 fully saturated rings. The summed E-state index contributed by atoms with van der Waals surface area (Å²) in [6.45, 7) is 11.3. The van der Waals surface area contributed by atoms with E-state index in [2.05, 4.69) is 34.6 Å². The maximum atomic E-state index is 12.7. The number of hydrogen-bond acceptors (Lipinski definition) is 6. The highest BCUT2D eigenvalue weighted by molar-refractivity contribution is 5.71. The quantitative estimate of drug-likeness (QED) is 0.0357. The van der Waals surface area contributed by atoms with Crippen molar-refractivity contribution in [2.24, 2.45) is 11.8 Å². The Labute approximate surface area is 317 Å². The van der Waals surface area contributed by atoms with Crippen molar-refractivity contribution in [3.63, 3.8) is 0 Å². The van der Waals surface area contributed by atoms with Crippen molar-refractivity contribution in [2.45, 2.75) is 246 Å². The summed E-state index contributed by atoms with van der Waals surface area (Å²) in [7, 11) is 0. The highest BCUT2D eigenvalue weighted by Crippen LogP contribution is 2.17. The van der Waals surface area contributed by atoms with Crippen molar-refractivity contribution >= 4 is 17.9 Å². The zero-order valence-electron chi connectivity index (χ0n) is 34.7. The van der Waals surface area contributed by atoms with Crippen LogP contribution in [0.15, 0.2) is 0 Å². The fourth-order valence-corrected chi connectivity index (χ4v) is 6.51. The van der Waals surface area contributed by atoms with Gasteiger partial charge in [0.1, 0.15) is 13.2 Å². The number of rotatable bonds is 39. The molecule has 3 atom stereocenters. The molecule has 0 aromatic rings. The van der Waals surface area contributed by atoms with E-state index in [1.54, 1.807) is 0 Å². The summed E-state index contributed by atoms with van der Waals surface area (Å²) in [5.74, 6) is 0.759. The van der Waals surface area contributed by atoms with Crippen molar-refractivity contribution in [3.8, 4) is 0 Å². The lowest BCUT2D eigenvalue weighted by Gasteiger charge is -2.18. The lowest BCUT2D eigenvalue weighted by molar-refractivity contribution is -0.167. The maximum absolute atomic E-state index is 12.7. The molecule has 0 radical (unpaired) electrons. The highest BCUT2D eigenvalue weighted by Gasteiger charge is 2.19. The van der Waals surface area contributed by atoms with Crippen molar-refractivity contribution in [1.82, 2.24) is 0 Å². The molecule has 0 aromatic heterocycles. The second kappa shape index (κ2) is 38.1. The molecule has 0 N–H and O–H groups in total. The number of ether oxygens (including phenoxy) is 3. The molecule has 0 bridgehead atoms. The lowest BCUT2D eigenvalue weighted by atomic mass is 10.00. The molecule has 0 aliphatic heterocycles. The number of carbonyl (C=O) groups is 3. The molecule has 0 aromatic carbocycles. The first-order valence-electron chi connectivity index (χ1n) is 22.3. The second-order valence-corrected chi connectivity index (χ2v) is 15.8. The van der Waals surface area contributed by atoms with Gasteiger partial charge < -0.3 is 14.2 Å². The average molecular weight is 723 g/mol. The third-order valence-electron chi connectivity index (χ3n) is 10.7. The zero-order valence-corrected chi connectivity index (χ0v) is 34.7. The number of hydrogen-bond donors (Lipinski definition) is 0. The van der Waals surface area contributed by atoms with E-state index in [0.29, 0.717) is 19.3 Å². The number of carbonyl (C=O) groups excluding carboxylic acids is 3. The first-order valence-corrected chi connectivity index (χ1v) is 22.3. The third kappa shape index (κ3) is 36.6. The molecular formula is C45H86O6. The van der Waals surface area contributed by atoms with E-state index >= 15 is 0 Å². The Balaban J connectivity index is 4.35. The molecule has 0 heterocycles. The summed E-state index contributed by atoms with van der Waals surface area (Å²) < 4.78 is 16.7. The summed E-state index contributed by atoms with van der Waals surface area (Å²) >= 11 is 0. The van der Waals surface area contributed by atoms with Gasteiger partial charge in [0, 0.05) is 19.3 Å². The maximum Gasteiger partial charge on any atom is 0.306 e. The van der Waals surface area contributed by atoms with Crippen molar-refractivity contribution in [3.05, 3.63) is 0 Å². The van der Waals surface area contributed by atoms with Crippen LogP contribution in [0.5, 0.6) is 0 Å². The topological polar surface area (TPSA) is 78.9 Å². The van der Waals surface area contributed by atoms with Crippen LogP contribution < -0.4 is 0 Å². The van der Waals surface area contributed by atoms with Gasteiger partial charge in [-0.2, -0.15) is 0 Å². The molecule has 6 heteroatoms. The fourth-order valence-electron chi connectivity index (χ4n) is 6.51. The Hall–Kier alpha value is -1.59. The van der Waals surface area contributed by atoms with Crippen molar-refractivity contribution in [2.75, 3.05) is 13.2 Å². The van der Waals surface area contributed by atoms with Crippen LogP contribution >= 0.6 is 0 Å². The molecule has 0 saturated carbocycles. The second-order valence-electron chi connectivity index (χ2n) is 15.8. The van der Waals surface area contributed by atoms with Crippen LogP contribution in [-0.2, 0) is 28.6 Å². The van der Waals surface area contributed by atoms with Crippen LogP contribution in [0, 0.1) is 11.8 Å². The van der Waals surface area contributed by atoms with Gasteiger partial charge in [-0.1, -0.05) is 202 Å². The molecule has 6 nitrogen and oxygen atoms in total. The summed E-state index contributed by atoms with van der Waals surface area (Å²) in [6, 6.07) is 0. The molecule has 0 amide bonds. The largest absolute Gasteiger partial charge is 0.462 e. The molecule has 51 heavy (non-hydrogen) atoms. The minimum Gasteiger partial charge on any atom is -0.462 e. The van der Waals surface area contributed by atoms with Gasteiger partial charge in [-0.05, 0) is 31.1 Å². The number of unbranched alkanes of at least 4 members (excludes halogenated alkanes) is 22. The molecule has 0 spiro atoms. The summed E-state index contributed by atoms with van der Waals surface area (Å²) in [5.41, 5.74) is 0. The predicted molar refractivity (Wildman–Crippen MR) is 215 cm³/mol. The number of esters is 3. The Morgan fingerprint density at radius 1 is 0.392 bits per heavy atom. The molecule has 0 aliphatic carbocycles. The molecule has 302 valence electrons. The fraction of sp³-hybridized carbons (Fsp3) is 0.933. The SMILES string of the molecule is CCCCCCCCCCCCCCCC(=O)OC[C@@H](COC(=O)CCCCCCCCC(C)CC)OC(=O)CCCCCCCCC(C)CC. The van der Waals surface area contributed by atoms with Gasteiger partial charge in [0.2, 0.25) is 0 Å². The van der Waals surface area contributed by atoms with Crippen molar-refractivity contribution in [1.29, 1.82) is 0 Å². The van der Waals surface area contributed by atoms with Crippen LogP contribution in [0.3, 0.4) is 0 Å². The Bertz CT molecular complexity index is 783. The van der Waals surface area contributed by atoms with Crippen LogP contribution in [0.2, 0.25) is 0 Å². The van der Waals surface area contributed by atoms with Crippen molar-refractivity contribution < 1.29 is 28.6 Å². The summed E-state index contributed by atoms with van der Waals surface area (Å²) in [6.07, 6.45) is 35.2. The van der Waals surface area contributed by atoms with Crippen LogP contribution in [0.25, 0.3) is 0 Å². The van der Waals surface area contributed by atoms with Gasteiger partial charge in [-0.25, -0.2) is 0 Å². The van der Waals surface area contributed by atoms with Gasteiger partial charge >= 0.3 is 17.9 Å². The van der Waals surface area contributed by atoms with E-state index < -0.39 is 6.10 Å². The Morgan fingerprint density at radius 3 is 1.02 bits per heavy atom. The van der Waals surface area contributed by atoms with E-state index in [0.717, 1.165) is 69.6 Å². The zero-order chi connectivity index (χ0) is 37.6. The van der Waals surface area contributed by atoms with Crippen LogP contribution in [0.4, 0.5) is 0 Å². The standard InChI is InChI=1S/C45H86O6/c1-6-9-10-11-12-13-14-15-16-17-18-25-30-35-43(46)49-38-42(51-45(48)37-32-27-22-20-24-29-34-41(5)8-3)39-50-44(47)36-31-26-21-19-23-28-33-40(4)7-2/h40-42H,6-39H2,1-5H3/t40?,41?,42-/m0/s1. The van der Waals surface area contributed by atoms with Crippen LogP contribution in [-0.4, -0.2) is 37.2 Å². The van der Waals surface area contributed by atoms with Gasteiger partial charge in [0.25, 0.3) is 0 Å². The normalized spacial score (nSPS) is 13.1. The molecule has 0 aliphatic rings. The first-order chi connectivity index (χ1) is 24.8. The molecule has 0 saturated heterocycles. The minimum atomic E-state index is -0.761. The van der Waals surface area contributed by atoms with E-state index in [-0.39, 0.29) is 31.1 Å². The predicted octanol–water partition coefficient (Wildman–Crippen LogP) is 13.8. The van der Waals surface area contributed by atoms with Gasteiger partial charge in [0.15, 0.2) is 6.10 Å². The molecular weight excluding hydrogens is 636 g/mol. The van der Waals surface area contributed by atoms with E-state index in [1.165, 1.54) is 128 Å². The van der Waals surface area contributed by atoms with E-state index in [1.807, 2.05) is 0 Å². The van der Waals surface area contributed by atoms with Crippen LogP contribution in [0.1, 0.15) is 240 Å². The summed E-state index contributed by atoms with van der Waals surface area (Å²) in [5, 5.41) is 0. The smallest absolute Gasteiger partial charge is 0.306 e. The third-order valence-corrected chi connectivity index (χ3v) is 10.7. The van der Waals surface area contributed by atoms with Gasteiger partial charge in [-0.3, -0.25) is 14.4 Å². The van der Waals surface area contributed by atoms with Gasteiger partial charge in [0.05, 0.1) is 0 Å². The lowest BCUT2D eigenvalue weighted by Crippen LogP contribution is -2.30. The average Bonchev–Trinajstić information content (AvgIpc) is 3.13.